The number of aryl methyl sites for hydroxylation is 1. The maximum atomic E-state index is 12.3. The summed E-state index contributed by atoms with van der Waals surface area (Å²) >= 11 is 7.43. The molecule has 0 aliphatic carbocycles. The molecule has 0 unspecified atom stereocenters. The molecule has 1 heterocycles. The smallest absolute Gasteiger partial charge is 0.179 e. The largest absolute Gasteiger partial charge is 0.299 e. The molecule has 0 amide bonds. The molecule has 0 spiro atoms. The van der Waals surface area contributed by atoms with Crippen LogP contribution < -0.4 is 0 Å². The number of thiazole rings is 1. The number of benzene rings is 1. The monoisotopic (exact) mass is 358 g/mol. The molecule has 2 aromatic rings. The number of hydrogen-bond donors (Lipinski definition) is 0. The first-order valence-corrected chi connectivity index (χ1v) is 9.92. The van der Waals surface area contributed by atoms with Crippen molar-refractivity contribution in [2.24, 2.45) is 0 Å². The molecular formula is C15H19ClN2O2S2. The lowest BCUT2D eigenvalue weighted by molar-refractivity contribution is 0.342. The first kappa shape index (κ1) is 17.4. The highest BCUT2D eigenvalue weighted by Gasteiger charge is 2.15. The van der Waals surface area contributed by atoms with Crippen LogP contribution in [0.3, 0.4) is 0 Å². The van der Waals surface area contributed by atoms with Gasteiger partial charge < -0.3 is 0 Å². The van der Waals surface area contributed by atoms with E-state index in [0.717, 1.165) is 17.1 Å². The van der Waals surface area contributed by atoms with Crippen LogP contribution in [0.15, 0.2) is 34.5 Å². The van der Waals surface area contributed by atoms with Crippen molar-refractivity contribution in [3.8, 4) is 0 Å². The molecule has 0 N–H and O–H groups in total. The minimum Gasteiger partial charge on any atom is -0.299 e. The van der Waals surface area contributed by atoms with Crippen LogP contribution in [0.5, 0.6) is 0 Å². The molecule has 22 heavy (non-hydrogen) atoms. The zero-order valence-electron chi connectivity index (χ0n) is 12.6. The predicted octanol–water partition coefficient (Wildman–Crippen LogP) is 3.26. The minimum absolute atomic E-state index is 0.0793. The first-order chi connectivity index (χ1) is 10.4. The molecule has 7 heteroatoms. The summed E-state index contributed by atoms with van der Waals surface area (Å²) in [6.45, 7) is 3.20. The third-order valence-corrected chi connectivity index (χ3v) is 6.25. The standard InChI is InChI=1S/C15H19ClN2O2S2/c1-3-15-17-13(11-21-15)10-18(2)8-9-22(19,20)14-6-4-12(16)5-7-14/h4-7,11H,3,8-10H2,1-2H3. The van der Waals surface area contributed by atoms with Crippen molar-refractivity contribution in [3.63, 3.8) is 0 Å². The number of halogens is 1. The van der Waals surface area contributed by atoms with Crippen molar-refractivity contribution in [1.82, 2.24) is 9.88 Å². The summed E-state index contributed by atoms with van der Waals surface area (Å²) < 4.78 is 24.5. The third-order valence-electron chi connectivity index (χ3n) is 3.25. The van der Waals surface area contributed by atoms with Crippen molar-refractivity contribution in [3.05, 3.63) is 45.4 Å². The van der Waals surface area contributed by atoms with Crippen molar-refractivity contribution >= 4 is 32.8 Å². The topological polar surface area (TPSA) is 50.3 Å². The fraction of sp³-hybridized carbons (Fsp3) is 0.400. The number of hydrogen-bond acceptors (Lipinski definition) is 5. The second-order valence-corrected chi connectivity index (χ2v) is 8.58. The first-order valence-electron chi connectivity index (χ1n) is 7.01. The van der Waals surface area contributed by atoms with E-state index in [9.17, 15) is 8.42 Å². The van der Waals surface area contributed by atoms with Crippen LogP contribution in [-0.2, 0) is 22.8 Å². The predicted molar refractivity (Wildman–Crippen MR) is 91.3 cm³/mol. The van der Waals surface area contributed by atoms with Gasteiger partial charge in [-0.25, -0.2) is 13.4 Å². The highest BCUT2D eigenvalue weighted by atomic mass is 35.5. The van der Waals surface area contributed by atoms with Gasteiger partial charge >= 0.3 is 0 Å². The van der Waals surface area contributed by atoms with E-state index in [0.29, 0.717) is 23.0 Å². The summed E-state index contributed by atoms with van der Waals surface area (Å²) in [7, 11) is -1.38. The Labute approximate surface area is 140 Å². The normalized spacial score (nSPS) is 12.0. The van der Waals surface area contributed by atoms with Crippen LogP contribution in [-0.4, -0.2) is 37.6 Å². The molecule has 1 aromatic heterocycles. The zero-order valence-corrected chi connectivity index (χ0v) is 15.0. The Kier molecular flexibility index (Phi) is 5.97. The van der Waals surface area contributed by atoms with Crippen molar-refractivity contribution in [1.29, 1.82) is 0 Å². The van der Waals surface area contributed by atoms with Crippen LogP contribution in [0.4, 0.5) is 0 Å². The van der Waals surface area contributed by atoms with Gasteiger partial charge in [0, 0.05) is 23.5 Å². The molecule has 0 radical (unpaired) electrons. The molecule has 0 aliphatic heterocycles. The highest BCUT2D eigenvalue weighted by Crippen LogP contribution is 2.16. The molecule has 0 fully saturated rings. The van der Waals surface area contributed by atoms with Gasteiger partial charge in [0.2, 0.25) is 0 Å². The summed E-state index contributed by atoms with van der Waals surface area (Å²) in [6, 6.07) is 6.29. The van der Waals surface area contributed by atoms with E-state index in [2.05, 4.69) is 11.9 Å². The Morgan fingerprint density at radius 1 is 1.27 bits per heavy atom. The third kappa shape index (κ3) is 4.78. The second-order valence-electron chi connectivity index (χ2n) is 5.10. The molecule has 0 bridgehead atoms. The molecule has 1 aromatic carbocycles. The Bertz CT molecular complexity index is 711. The maximum absolute atomic E-state index is 12.3. The van der Waals surface area contributed by atoms with Crippen molar-refractivity contribution < 1.29 is 8.42 Å². The second kappa shape index (κ2) is 7.55. The van der Waals surface area contributed by atoms with Crippen molar-refractivity contribution in [2.75, 3.05) is 19.3 Å². The molecule has 2 rings (SSSR count). The van der Waals surface area contributed by atoms with E-state index in [-0.39, 0.29) is 5.75 Å². The van der Waals surface area contributed by atoms with Gasteiger partial charge in [0.05, 0.1) is 21.3 Å². The average Bonchev–Trinajstić information content (AvgIpc) is 2.93. The van der Waals surface area contributed by atoms with Crippen LogP contribution in [0.25, 0.3) is 0 Å². The Morgan fingerprint density at radius 3 is 2.55 bits per heavy atom. The number of sulfone groups is 1. The number of rotatable bonds is 7. The van der Waals surface area contributed by atoms with Crippen LogP contribution in [0, 0.1) is 0 Å². The van der Waals surface area contributed by atoms with Crippen LogP contribution in [0.1, 0.15) is 17.6 Å². The van der Waals surface area contributed by atoms with Gasteiger partial charge in [-0.15, -0.1) is 11.3 Å². The summed E-state index contributed by atoms with van der Waals surface area (Å²) in [4.78, 5) is 6.78. The van der Waals surface area contributed by atoms with E-state index in [1.54, 1.807) is 35.6 Å². The number of aromatic nitrogens is 1. The van der Waals surface area contributed by atoms with Crippen LogP contribution in [0.2, 0.25) is 5.02 Å². The van der Waals surface area contributed by atoms with E-state index in [1.807, 2.05) is 17.3 Å². The van der Waals surface area contributed by atoms with Gasteiger partial charge in [0.15, 0.2) is 9.84 Å². The van der Waals surface area contributed by atoms with E-state index >= 15 is 0 Å². The highest BCUT2D eigenvalue weighted by molar-refractivity contribution is 7.91. The summed E-state index contributed by atoms with van der Waals surface area (Å²) in [5.74, 6) is 0.0793. The summed E-state index contributed by atoms with van der Waals surface area (Å²) in [6.07, 6.45) is 0.930. The lowest BCUT2D eigenvalue weighted by Crippen LogP contribution is -2.25. The van der Waals surface area contributed by atoms with E-state index in [4.69, 9.17) is 11.6 Å². The zero-order chi connectivity index (χ0) is 16.2. The fourth-order valence-corrected chi connectivity index (χ4v) is 4.18. The van der Waals surface area contributed by atoms with Gasteiger partial charge in [-0.3, -0.25) is 4.90 Å². The molecule has 0 aliphatic rings. The van der Waals surface area contributed by atoms with Gasteiger partial charge in [-0.05, 0) is 37.7 Å². The molecule has 120 valence electrons. The van der Waals surface area contributed by atoms with Crippen LogP contribution >= 0.6 is 22.9 Å². The Morgan fingerprint density at radius 2 is 1.95 bits per heavy atom. The van der Waals surface area contributed by atoms with E-state index in [1.165, 1.54) is 0 Å². The molecular weight excluding hydrogens is 340 g/mol. The van der Waals surface area contributed by atoms with Gasteiger partial charge in [-0.2, -0.15) is 0 Å². The van der Waals surface area contributed by atoms with Gasteiger partial charge in [-0.1, -0.05) is 18.5 Å². The SMILES string of the molecule is CCc1nc(CN(C)CCS(=O)(=O)c2ccc(Cl)cc2)cs1. The quantitative estimate of drug-likeness (QED) is 0.762. The van der Waals surface area contributed by atoms with Gasteiger partial charge in [0.1, 0.15) is 0 Å². The summed E-state index contributed by atoms with van der Waals surface area (Å²) in [5, 5.41) is 3.67. The molecule has 0 atom stereocenters. The number of nitrogens with zero attached hydrogens (tertiary/aromatic N) is 2. The lowest BCUT2D eigenvalue weighted by Gasteiger charge is -2.15. The Hall–Kier alpha value is -0.950. The molecule has 0 saturated carbocycles. The molecule has 0 saturated heterocycles. The van der Waals surface area contributed by atoms with E-state index < -0.39 is 9.84 Å². The summed E-state index contributed by atoms with van der Waals surface area (Å²) in [5.41, 5.74) is 0.994. The lowest BCUT2D eigenvalue weighted by atomic mass is 10.4. The molecule has 4 nitrogen and oxygen atoms in total. The fourth-order valence-electron chi connectivity index (χ4n) is 1.98. The maximum Gasteiger partial charge on any atom is 0.179 e. The minimum atomic E-state index is -3.28. The van der Waals surface area contributed by atoms with Crippen molar-refractivity contribution in [2.45, 2.75) is 24.8 Å². The Balaban J connectivity index is 1.92. The average molecular weight is 359 g/mol. The van der Waals surface area contributed by atoms with Gasteiger partial charge in [0.25, 0.3) is 0 Å².